The van der Waals surface area contributed by atoms with Gasteiger partial charge >= 0.3 is 0 Å². The Labute approximate surface area is 100.0 Å². The summed E-state index contributed by atoms with van der Waals surface area (Å²) in [7, 11) is 0. The molecule has 0 aliphatic carbocycles. The van der Waals surface area contributed by atoms with Gasteiger partial charge in [-0.15, -0.1) is 34.8 Å². The molecule has 0 aromatic heterocycles. The molecule has 0 nitrogen and oxygen atoms in total. The van der Waals surface area contributed by atoms with E-state index in [1.165, 1.54) is 0 Å². The second-order valence-electron chi connectivity index (χ2n) is 1.76. The Balaban J connectivity index is 4.53. The number of hydrogen-bond donors (Lipinski definition) is 0. The van der Waals surface area contributed by atoms with Gasteiger partial charge in [0.1, 0.15) is 4.84 Å². The molecule has 7 heteroatoms. The van der Waals surface area contributed by atoms with Gasteiger partial charge in [0.15, 0.2) is 8.67 Å². The first-order valence-electron chi connectivity index (χ1n) is 2.35. The first-order valence-corrected chi connectivity index (χ1v) is 5.27. The number of hydrogen-bond acceptors (Lipinski definition) is 0. The maximum atomic E-state index is 5.62. The highest BCUT2D eigenvalue weighted by Gasteiger charge is 2.51. The second-order valence-corrected chi connectivity index (χ2v) is 6.00. The SMILES string of the molecule is ClCC(Cl)(Cl)C(Cl)(Cl)C(Cl)Cl. The first kappa shape index (κ1) is 13.0. The minimum absolute atomic E-state index is 0.168. The van der Waals surface area contributed by atoms with Gasteiger partial charge in [-0.3, -0.25) is 0 Å². The molecule has 0 saturated heterocycles. The summed E-state index contributed by atoms with van der Waals surface area (Å²) in [5.74, 6) is -0.168. The van der Waals surface area contributed by atoms with Crippen LogP contribution in [0.4, 0.5) is 0 Å². The third-order valence-electron chi connectivity index (χ3n) is 0.930. The summed E-state index contributed by atoms with van der Waals surface area (Å²) in [6, 6.07) is 0. The zero-order valence-electron chi connectivity index (χ0n) is 4.93. The third-order valence-corrected chi connectivity index (χ3v) is 5.04. The van der Waals surface area contributed by atoms with Crippen LogP contribution in [0.25, 0.3) is 0 Å². The molecule has 0 aliphatic heterocycles. The quantitative estimate of drug-likeness (QED) is 0.679. The summed E-state index contributed by atoms with van der Waals surface area (Å²) in [6.45, 7) is 0. The van der Waals surface area contributed by atoms with Crippen LogP contribution in [-0.4, -0.2) is 19.4 Å². The van der Waals surface area contributed by atoms with E-state index in [1.54, 1.807) is 0 Å². The molecule has 0 atom stereocenters. The molecule has 0 aromatic rings. The normalized spacial score (nSPS) is 14.2. The minimum Gasteiger partial charge on any atom is -0.123 e. The lowest BCUT2D eigenvalue weighted by molar-refractivity contribution is 0.749. The van der Waals surface area contributed by atoms with Gasteiger partial charge in [0.2, 0.25) is 0 Å². The molecule has 0 spiro atoms. The van der Waals surface area contributed by atoms with Gasteiger partial charge in [-0.25, -0.2) is 0 Å². The zero-order valence-corrected chi connectivity index (χ0v) is 10.2. The average molecular weight is 299 g/mol. The van der Waals surface area contributed by atoms with Gasteiger partial charge in [-0.2, -0.15) is 0 Å². The molecule has 0 heterocycles. The molecule has 11 heavy (non-hydrogen) atoms. The standard InChI is InChI=1S/C4H3Cl7/c5-1-3(8,9)4(10,11)2(6)7/h2H,1H2. The smallest absolute Gasteiger partial charge is 0.123 e. The predicted octanol–water partition coefficient (Wildman–Crippen LogP) is 4.38. The van der Waals surface area contributed by atoms with Crippen molar-refractivity contribution >= 4 is 81.2 Å². The van der Waals surface area contributed by atoms with Crippen LogP contribution < -0.4 is 0 Å². The Hall–Kier alpha value is 2.03. The van der Waals surface area contributed by atoms with Crippen LogP contribution in [0.3, 0.4) is 0 Å². The lowest BCUT2D eigenvalue weighted by Crippen LogP contribution is -2.43. The average Bonchev–Trinajstić information content (AvgIpc) is 1.87. The van der Waals surface area contributed by atoms with Crippen molar-refractivity contribution in [3.05, 3.63) is 0 Å². The fraction of sp³-hybridized carbons (Fsp3) is 1.00. The van der Waals surface area contributed by atoms with Crippen LogP contribution >= 0.6 is 81.2 Å². The summed E-state index contributed by atoms with van der Waals surface area (Å²) in [5.41, 5.74) is 0. The number of halogens is 7. The van der Waals surface area contributed by atoms with Gasteiger partial charge in [0.05, 0.1) is 5.88 Å². The van der Waals surface area contributed by atoms with Crippen LogP contribution in [0.5, 0.6) is 0 Å². The molecule has 0 amide bonds. The first-order chi connectivity index (χ1) is 4.75. The topological polar surface area (TPSA) is 0 Å². The third kappa shape index (κ3) is 3.02. The molecule has 0 aliphatic rings. The Morgan fingerprint density at radius 2 is 1.36 bits per heavy atom. The molecular weight excluding hydrogens is 296 g/mol. The highest BCUT2D eigenvalue weighted by molar-refractivity contribution is 6.69. The van der Waals surface area contributed by atoms with E-state index in [2.05, 4.69) is 0 Å². The van der Waals surface area contributed by atoms with E-state index in [0.717, 1.165) is 0 Å². The molecular formula is C4H3Cl7. The van der Waals surface area contributed by atoms with Gasteiger partial charge < -0.3 is 0 Å². The largest absolute Gasteiger partial charge is 0.181 e. The molecule has 0 fully saturated rings. The van der Waals surface area contributed by atoms with Crippen molar-refractivity contribution in [3.8, 4) is 0 Å². The van der Waals surface area contributed by atoms with E-state index in [-0.39, 0.29) is 5.88 Å². The van der Waals surface area contributed by atoms with Crippen molar-refractivity contribution in [1.29, 1.82) is 0 Å². The monoisotopic (exact) mass is 296 g/mol. The molecule has 0 bridgehead atoms. The minimum atomic E-state index is -1.68. The lowest BCUT2D eigenvalue weighted by Gasteiger charge is -2.31. The van der Waals surface area contributed by atoms with E-state index in [0.29, 0.717) is 0 Å². The van der Waals surface area contributed by atoms with E-state index >= 15 is 0 Å². The molecule has 0 unspecified atom stereocenters. The van der Waals surface area contributed by atoms with Gasteiger partial charge in [0, 0.05) is 0 Å². The van der Waals surface area contributed by atoms with E-state index in [1.807, 2.05) is 0 Å². The van der Waals surface area contributed by atoms with Crippen molar-refractivity contribution in [3.63, 3.8) is 0 Å². The maximum absolute atomic E-state index is 5.62. The van der Waals surface area contributed by atoms with Crippen molar-refractivity contribution in [2.24, 2.45) is 0 Å². The van der Waals surface area contributed by atoms with Crippen LogP contribution in [0, 0.1) is 0 Å². The van der Waals surface area contributed by atoms with E-state index < -0.39 is 13.5 Å². The molecule has 0 saturated carbocycles. The molecule has 68 valence electrons. The number of rotatable bonds is 3. The van der Waals surface area contributed by atoms with Crippen molar-refractivity contribution in [2.45, 2.75) is 13.5 Å². The zero-order chi connectivity index (χ0) is 9.28. The Bertz CT molecular complexity index is 128. The second kappa shape index (κ2) is 4.50. The van der Waals surface area contributed by atoms with Crippen molar-refractivity contribution in [1.82, 2.24) is 0 Å². The summed E-state index contributed by atoms with van der Waals surface area (Å²) in [6.07, 6.45) is 0. The van der Waals surface area contributed by atoms with Crippen molar-refractivity contribution < 1.29 is 0 Å². The lowest BCUT2D eigenvalue weighted by atomic mass is 10.3. The van der Waals surface area contributed by atoms with Crippen LogP contribution in [0.2, 0.25) is 0 Å². The Morgan fingerprint density at radius 3 is 1.45 bits per heavy atom. The summed E-state index contributed by atoms with van der Waals surface area (Å²) in [4.78, 5) is -1.11. The summed E-state index contributed by atoms with van der Waals surface area (Å²) in [5, 5.41) is 0. The van der Waals surface area contributed by atoms with Gasteiger partial charge in [-0.1, -0.05) is 46.4 Å². The van der Waals surface area contributed by atoms with E-state index in [9.17, 15) is 0 Å². The fourth-order valence-electron chi connectivity index (χ4n) is 0.249. The highest BCUT2D eigenvalue weighted by atomic mass is 35.5. The summed E-state index contributed by atoms with van der Waals surface area (Å²) < 4.78 is -3.24. The summed E-state index contributed by atoms with van der Waals surface area (Å²) >= 11 is 38.6. The molecule has 0 N–H and O–H groups in total. The molecule has 0 aromatic carbocycles. The van der Waals surface area contributed by atoms with Gasteiger partial charge in [0.25, 0.3) is 0 Å². The Kier molecular flexibility index (Phi) is 5.33. The van der Waals surface area contributed by atoms with Crippen LogP contribution in [0.1, 0.15) is 0 Å². The predicted molar refractivity (Wildman–Crippen MR) is 55.1 cm³/mol. The molecule has 0 rings (SSSR count). The van der Waals surface area contributed by atoms with Crippen molar-refractivity contribution in [2.75, 3.05) is 5.88 Å². The highest BCUT2D eigenvalue weighted by Crippen LogP contribution is 2.48. The maximum Gasteiger partial charge on any atom is 0.181 e. The Morgan fingerprint density at radius 1 is 1.00 bits per heavy atom. The van der Waals surface area contributed by atoms with E-state index in [4.69, 9.17) is 81.2 Å². The van der Waals surface area contributed by atoms with Crippen LogP contribution in [-0.2, 0) is 0 Å². The molecule has 0 radical (unpaired) electrons. The van der Waals surface area contributed by atoms with Crippen LogP contribution in [0.15, 0.2) is 0 Å². The fourth-order valence-corrected chi connectivity index (χ4v) is 1.54. The van der Waals surface area contributed by atoms with Gasteiger partial charge in [-0.05, 0) is 0 Å². The number of alkyl halides is 7.